The molecule has 0 bridgehead atoms. The minimum absolute atomic E-state index is 0.0577. The highest BCUT2D eigenvalue weighted by Gasteiger charge is 2.12. The molecule has 1 unspecified atom stereocenters. The van der Waals surface area contributed by atoms with E-state index in [1.165, 1.54) is 0 Å². The number of benzene rings is 1. The van der Waals surface area contributed by atoms with Gasteiger partial charge in [0.2, 0.25) is 10.0 Å². The SMILES string of the molecule is Cc1ccc(C)c(OCC(C)CS(N)(=O)=O)c1. The third kappa shape index (κ3) is 5.19. The minimum atomic E-state index is -3.43. The summed E-state index contributed by atoms with van der Waals surface area (Å²) in [6.45, 7) is 6.09. The number of ether oxygens (including phenoxy) is 1. The Kier molecular flexibility index (Phi) is 4.54. The summed E-state index contributed by atoms with van der Waals surface area (Å²) in [5, 5.41) is 4.98. The van der Waals surface area contributed by atoms with E-state index in [4.69, 9.17) is 9.88 Å². The topological polar surface area (TPSA) is 69.4 Å². The Hall–Kier alpha value is -1.07. The fourth-order valence-corrected chi connectivity index (χ4v) is 2.43. The molecule has 0 aliphatic heterocycles. The zero-order chi connectivity index (χ0) is 13.1. The van der Waals surface area contributed by atoms with Crippen LogP contribution < -0.4 is 9.88 Å². The van der Waals surface area contributed by atoms with Gasteiger partial charge in [0.1, 0.15) is 5.75 Å². The van der Waals surface area contributed by atoms with E-state index >= 15 is 0 Å². The molecule has 0 aromatic heterocycles. The van der Waals surface area contributed by atoms with Crippen LogP contribution in [0, 0.1) is 19.8 Å². The molecule has 0 aliphatic carbocycles. The van der Waals surface area contributed by atoms with E-state index in [0.717, 1.165) is 16.9 Å². The fraction of sp³-hybridized carbons (Fsp3) is 0.500. The van der Waals surface area contributed by atoms with E-state index < -0.39 is 10.0 Å². The van der Waals surface area contributed by atoms with Crippen LogP contribution in [0.5, 0.6) is 5.75 Å². The predicted molar refractivity (Wildman–Crippen MR) is 68.5 cm³/mol. The lowest BCUT2D eigenvalue weighted by Gasteiger charge is -2.14. The van der Waals surface area contributed by atoms with Gasteiger partial charge in [-0.15, -0.1) is 0 Å². The predicted octanol–water partition coefficient (Wildman–Crippen LogP) is 1.61. The molecule has 0 saturated carbocycles. The van der Waals surface area contributed by atoms with E-state index in [0.29, 0.717) is 6.61 Å². The Balaban J connectivity index is 2.58. The van der Waals surface area contributed by atoms with Crippen molar-refractivity contribution in [2.45, 2.75) is 20.8 Å². The Morgan fingerprint density at radius 2 is 2.00 bits per heavy atom. The Morgan fingerprint density at radius 1 is 1.35 bits per heavy atom. The van der Waals surface area contributed by atoms with Crippen LogP contribution in [0.4, 0.5) is 0 Å². The van der Waals surface area contributed by atoms with Crippen molar-refractivity contribution >= 4 is 10.0 Å². The average Bonchev–Trinajstić information content (AvgIpc) is 2.17. The first-order chi connectivity index (χ1) is 7.78. The zero-order valence-electron chi connectivity index (χ0n) is 10.4. The molecule has 0 saturated heterocycles. The number of hydrogen-bond donors (Lipinski definition) is 1. The molecule has 0 radical (unpaired) electrons. The first kappa shape index (κ1) is 14.0. The van der Waals surface area contributed by atoms with Gasteiger partial charge < -0.3 is 4.74 Å². The van der Waals surface area contributed by atoms with E-state index in [-0.39, 0.29) is 11.7 Å². The molecule has 2 N–H and O–H groups in total. The van der Waals surface area contributed by atoms with Gasteiger partial charge in [0.15, 0.2) is 0 Å². The van der Waals surface area contributed by atoms with Crippen LogP contribution in [0.3, 0.4) is 0 Å². The molecule has 0 heterocycles. The third-order valence-electron chi connectivity index (χ3n) is 2.38. The van der Waals surface area contributed by atoms with Crippen molar-refractivity contribution in [3.05, 3.63) is 29.3 Å². The van der Waals surface area contributed by atoms with Crippen molar-refractivity contribution in [1.29, 1.82) is 0 Å². The van der Waals surface area contributed by atoms with Crippen molar-refractivity contribution in [1.82, 2.24) is 0 Å². The van der Waals surface area contributed by atoms with Crippen LogP contribution in [-0.2, 0) is 10.0 Å². The minimum Gasteiger partial charge on any atom is -0.493 e. The summed E-state index contributed by atoms with van der Waals surface area (Å²) < 4.78 is 27.4. The molecular formula is C12H19NO3S. The quantitative estimate of drug-likeness (QED) is 0.871. The van der Waals surface area contributed by atoms with Crippen molar-refractivity contribution in [3.63, 3.8) is 0 Å². The number of nitrogens with two attached hydrogens (primary N) is 1. The lowest BCUT2D eigenvalue weighted by molar-refractivity contribution is 0.270. The molecule has 0 spiro atoms. The number of aryl methyl sites for hydroxylation is 2. The molecule has 0 aliphatic rings. The lowest BCUT2D eigenvalue weighted by atomic mass is 10.1. The second-order valence-electron chi connectivity index (χ2n) is 4.51. The molecule has 17 heavy (non-hydrogen) atoms. The highest BCUT2D eigenvalue weighted by molar-refractivity contribution is 7.89. The molecule has 4 nitrogen and oxygen atoms in total. The van der Waals surface area contributed by atoms with Gasteiger partial charge >= 0.3 is 0 Å². The molecule has 96 valence electrons. The zero-order valence-corrected chi connectivity index (χ0v) is 11.3. The molecular weight excluding hydrogens is 238 g/mol. The maximum Gasteiger partial charge on any atom is 0.209 e. The number of hydrogen-bond acceptors (Lipinski definition) is 3. The molecule has 0 amide bonds. The highest BCUT2D eigenvalue weighted by atomic mass is 32.2. The van der Waals surface area contributed by atoms with E-state index in [1.807, 2.05) is 32.0 Å². The lowest BCUT2D eigenvalue weighted by Crippen LogP contribution is -2.25. The number of primary sulfonamides is 1. The van der Waals surface area contributed by atoms with E-state index in [1.54, 1.807) is 6.92 Å². The summed E-state index contributed by atoms with van der Waals surface area (Å²) in [6.07, 6.45) is 0. The second kappa shape index (κ2) is 5.51. The molecule has 0 fully saturated rings. The monoisotopic (exact) mass is 257 g/mol. The Labute approximate surface area is 103 Å². The van der Waals surface area contributed by atoms with Gasteiger partial charge in [-0.3, -0.25) is 0 Å². The number of rotatable bonds is 5. The largest absolute Gasteiger partial charge is 0.493 e. The van der Waals surface area contributed by atoms with Crippen LogP contribution in [-0.4, -0.2) is 20.8 Å². The molecule has 1 rings (SSSR count). The molecule has 1 aromatic carbocycles. The molecule has 1 aromatic rings. The summed E-state index contributed by atoms with van der Waals surface area (Å²) in [4.78, 5) is 0. The normalized spacial score (nSPS) is 13.4. The smallest absolute Gasteiger partial charge is 0.209 e. The standard InChI is InChI=1S/C12H19NO3S/c1-9-4-5-11(3)12(6-9)16-7-10(2)8-17(13,14)15/h4-6,10H,7-8H2,1-3H3,(H2,13,14,15). The van der Waals surface area contributed by atoms with Gasteiger partial charge in [-0.1, -0.05) is 19.1 Å². The highest BCUT2D eigenvalue weighted by Crippen LogP contribution is 2.19. The Morgan fingerprint density at radius 3 is 2.59 bits per heavy atom. The summed E-state index contributed by atoms with van der Waals surface area (Å²) in [5.74, 6) is 0.619. The molecule has 5 heteroatoms. The summed E-state index contributed by atoms with van der Waals surface area (Å²) in [5.41, 5.74) is 2.16. The Bertz CT molecular complexity index is 483. The van der Waals surface area contributed by atoms with Crippen molar-refractivity contribution in [3.8, 4) is 5.75 Å². The summed E-state index contributed by atoms with van der Waals surface area (Å²) >= 11 is 0. The maximum atomic E-state index is 10.9. The second-order valence-corrected chi connectivity index (χ2v) is 6.17. The van der Waals surface area contributed by atoms with Crippen LogP contribution in [0.25, 0.3) is 0 Å². The van der Waals surface area contributed by atoms with Gasteiger partial charge in [0.25, 0.3) is 0 Å². The average molecular weight is 257 g/mol. The molecule has 1 atom stereocenters. The first-order valence-electron chi connectivity index (χ1n) is 5.48. The van der Waals surface area contributed by atoms with Crippen LogP contribution in [0.2, 0.25) is 0 Å². The van der Waals surface area contributed by atoms with Crippen molar-refractivity contribution < 1.29 is 13.2 Å². The maximum absolute atomic E-state index is 10.9. The van der Waals surface area contributed by atoms with Crippen molar-refractivity contribution in [2.75, 3.05) is 12.4 Å². The third-order valence-corrected chi connectivity index (χ3v) is 3.42. The summed E-state index contributed by atoms with van der Waals surface area (Å²) in [6, 6.07) is 5.93. The van der Waals surface area contributed by atoms with Gasteiger partial charge in [0, 0.05) is 5.92 Å². The van der Waals surface area contributed by atoms with E-state index in [9.17, 15) is 8.42 Å². The summed E-state index contributed by atoms with van der Waals surface area (Å²) in [7, 11) is -3.43. The van der Waals surface area contributed by atoms with Gasteiger partial charge in [-0.25, -0.2) is 13.6 Å². The van der Waals surface area contributed by atoms with Crippen LogP contribution in [0.1, 0.15) is 18.1 Å². The van der Waals surface area contributed by atoms with Gasteiger partial charge in [0.05, 0.1) is 12.4 Å². The first-order valence-corrected chi connectivity index (χ1v) is 7.20. The fourth-order valence-electron chi connectivity index (χ4n) is 1.54. The number of sulfonamides is 1. The van der Waals surface area contributed by atoms with Gasteiger partial charge in [-0.05, 0) is 31.0 Å². The van der Waals surface area contributed by atoms with Crippen LogP contribution in [0.15, 0.2) is 18.2 Å². The van der Waals surface area contributed by atoms with E-state index in [2.05, 4.69) is 0 Å². The van der Waals surface area contributed by atoms with Crippen molar-refractivity contribution in [2.24, 2.45) is 11.1 Å². The van der Waals surface area contributed by atoms with Crippen LogP contribution >= 0.6 is 0 Å². The van der Waals surface area contributed by atoms with Gasteiger partial charge in [-0.2, -0.15) is 0 Å².